The molecule has 0 radical (unpaired) electrons. The number of benzene rings is 1. The van der Waals surface area contributed by atoms with Crippen molar-refractivity contribution in [3.8, 4) is 0 Å². The van der Waals surface area contributed by atoms with E-state index in [0.717, 1.165) is 5.56 Å². The average Bonchev–Trinajstić information content (AvgIpc) is 2.59. The maximum absolute atomic E-state index is 12.4. The van der Waals surface area contributed by atoms with Gasteiger partial charge in [0.25, 0.3) is 5.91 Å². The summed E-state index contributed by atoms with van der Waals surface area (Å²) in [4.78, 5) is 45.6. The molecule has 0 aliphatic rings. The van der Waals surface area contributed by atoms with Gasteiger partial charge in [0.1, 0.15) is 12.7 Å². The molecular formula is C17H20FN3O5. The Labute approximate surface area is 149 Å². The lowest BCUT2D eigenvalue weighted by Gasteiger charge is -2.15. The van der Waals surface area contributed by atoms with Gasteiger partial charge in [0, 0.05) is 5.69 Å². The number of amides is 2. The van der Waals surface area contributed by atoms with Gasteiger partial charge in [-0.15, -0.1) is 0 Å². The summed E-state index contributed by atoms with van der Waals surface area (Å²) in [5.74, 6) is -3.90. The second-order valence-corrected chi connectivity index (χ2v) is 5.42. The maximum Gasteiger partial charge on any atom is 0.305 e. The van der Waals surface area contributed by atoms with Crippen molar-refractivity contribution in [2.45, 2.75) is 19.4 Å². The monoisotopic (exact) mass is 365 g/mol. The Hall–Kier alpha value is -3.23. The molecule has 0 saturated heterocycles. The zero-order valence-electron chi connectivity index (χ0n) is 14.2. The summed E-state index contributed by atoms with van der Waals surface area (Å²) >= 11 is 0. The van der Waals surface area contributed by atoms with Crippen molar-refractivity contribution in [1.29, 1.82) is 0 Å². The number of para-hydroxylation sites is 1. The van der Waals surface area contributed by atoms with E-state index >= 15 is 0 Å². The minimum atomic E-state index is -1.49. The average molecular weight is 365 g/mol. The highest BCUT2D eigenvalue weighted by Crippen LogP contribution is 2.14. The molecule has 26 heavy (non-hydrogen) atoms. The normalized spacial score (nSPS) is 11.2. The highest BCUT2D eigenvalue weighted by molar-refractivity contribution is 5.98. The number of ketones is 1. The first-order valence-corrected chi connectivity index (χ1v) is 7.64. The van der Waals surface area contributed by atoms with Crippen molar-refractivity contribution in [3.05, 3.63) is 42.1 Å². The lowest BCUT2D eigenvalue weighted by molar-refractivity contribution is -0.140. The van der Waals surface area contributed by atoms with E-state index in [1.165, 1.54) is 0 Å². The second kappa shape index (κ2) is 9.92. The van der Waals surface area contributed by atoms with Gasteiger partial charge in [0.05, 0.1) is 18.7 Å². The molecule has 1 aromatic rings. The molecule has 9 heteroatoms. The molecule has 1 aromatic carbocycles. The van der Waals surface area contributed by atoms with Crippen LogP contribution < -0.4 is 16.0 Å². The standard InChI is InChI=1S/C17H20FN3O5/c1-10-5-3-4-6-12(10)20-11(2)17(26)19-9-15(23)21-13(7-16(24)25)14(22)8-18/h3-6,13,20H,2,7-9H2,1H3,(H,19,26)(H,21,23)(H,24,25). The molecule has 0 saturated carbocycles. The number of hydrogen-bond acceptors (Lipinski definition) is 5. The molecule has 140 valence electrons. The first-order valence-electron chi connectivity index (χ1n) is 7.64. The summed E-state index contributed by atoms with van der Waals surface area (Å²) in [7, 11) is 0. The van der Waals surface area contributed by atoms with Gasteiger partial charge in [0.15, 0.2) is 5.78 Å². The third-order valence-electron chi connectivity index (χ3n) is 3.35. The molecule has 8 nitrogen and oxygen atoms in total. The fourth-order valence-electron chi connectivity index (χ4n) is 1.96. The minimum Gasteiger partial charge on any atom is -0.481 e. The Morgan fingerprint density at radius 1 is 1.23 bits per heavy atom. The lowest BCUT2D eigenvalue weighted by atomic mass is 10.1. The van der Waals surface area contributed by atoms with Crippen LogP contribution in [0.25, 0.3) is 0 Å². The summed E-state index contributed by atoms with van der Waals surface area (Å²) < 4.78 is 12.4. The first kappa shape index (κ1) is 20.8. The van der Waals surface area contributed by atoms with Crippen LogP contribution in [0.4, 0.5) is 10.1 Å². The van der Waals surface area contributed by atoms with E-state index in [1.54, 1.807) is 12.1 Å². The summed E-state index contributed by atoms with van der Waals surface area (Å²) in [5.41, 5.74) is 1.56. The number of hydrogen-bond donors (Lipinski definition) is 4. The Balaban J connectivity index is 2.53. The molecule has 0 aliphatic carbocycles. The molecule has 1 unspecified atom stereocenters. The summed E-state index contributed by atoms with van der Waals surface area (Å²) in [6.07, 6.45) is -0.746. The Morgan fingerprint density at radius 3 is 2.46 bits per heavy atom. The van der Waals surface area contributed by atoms with Crippen LogP contribution in [-0.4, -0.2) is 47.9 Å². The lowest BCUT2D eigenvalue weighted by Crippen LogP contribution is -2.47. The fraction of sp³-hybridized carbons (Fsp3) is 0.294. The zero-order valence-corrected chi connectivity index (χ0v) is 14.2. The van der Waals surface area contributed by atoms with Gasteiger partial charge < -0.3 is 21.1 Å². The number of anilines is 1. The van der Waals surface area contributed by atoms with E-state index in [9.17, 15) is 23.6 Å². The van der Waals surface area contributed by atoms with Gasteiger partial charge in [-0.1, -0.05) is 24.8 Å². The van der Waals surface area contributed by atoms with E-state index in [0.29, 0.717) is 5.69 Å². The molecule has 0 aromatic heterocycles. The number of aryl methyl sites for hydroxylation is 1. The zero-order chi connectivity index (χ0) is 19.7. The Bertz CT molecular complexity index is 720. The van der Waals surface area contributed by atoms with Gasteiger partial charge in [-0.05, 0) is 18.6 Å². The predicted octanol–water partition coefficient (Wildman–Crippen LogP) is 0.535. The molecular weight excluding hydrogens is 345 g/mol. The number of rotatable bonds is 10. The number of halogens is 1. The van der Waals surface area contributed by atoms with Gasteiger partial charge >= 0.3 is 5.97 Å². The van der Waals surface area contributed by atoms with Gasteiger partial charge in [-0.2, -0.15) is 0 Å². The second-order valence-electron chi connectivity index (χ2n) is 5.42. The van der Waals surface area contributed by atoms with E-state index in [-0.39, 0.29) is 5.70 Å². The van der Waals surface area contributed by atoms with Crippen LogP contribution >= 0.6 is 0 Å². The minimum absolute atomic E-state index is 0.00554. The maximum atomic E-state index is 12.4. The van der Waals surface area contributed by atoms with Crippen LogP contribution in [0.3, 0.4) is 0 Å². The van der Waals surface area contributed by atoms with Crippen LogP contribution in [0.1, 0.15) is 12.0 Å². The van der Waals surface area contributed by atoms with Crippen LogP contribution in [0.2, 0.25) is 0 Å². The highest BCUT2D eigenvalue weighted by atomic mass is 19.1. The molecule has 1 rings (SSSR count). The quantitative estimate of drug-likeness (QED) is 0.449. The molecule has 2 amide bonds. The van der Waals surface area contributed by atoms with Crippen LogP contribution in [0, 0.1) is 6.92 Å². The third-order valence-corrected chi connectivity index (χ3v) is 3.35. The number of carboxylic acids is 1. The van der Waals surface area contributed by atoms with Gasteiger partial charge in [0.2, 0.25) is 5.91 Å². The topological polar surface area (TPSA) is 125 Å². The van der Waals surface area contributed by atoms with E-state index in [1.807, 2.05) is 19.1 Å². The number of carbonyl (C=O) groups excluding carboxylic acids is 3. The largest absolute Gasteiger partial charge is 0.481 e. The first-order chi connectivity index (χ1) is 12.2. The van der Waals surface area contributed by atoms with Crippen molar-refractivity contribution in [3.63, 3.8) is 0 Å². The summed E-state index contributed by atoms with van der Waals surface area (Å²) in [6, 6.07) is 5.71. The van der Waals surface area contributed by atoms with Crippen LogP contribution in [0.5, 0.6) is 0 Å². The van der Waals surface area contributed by atoms with Crippen LogP contribution in [0.15, 0.2) is 36.5 Å². The predicted molar refractivity (Wildman–Crippen MR) is 92.1 cm³/mol. The SMILES string of the molecule is C=C(Nc1ccccc1C)C(=O)NCC(=O)NC(CC(=O)O)C(=O)CF. The third kappa shape index (κ3) is 6.71. The molecule has 0 aliphatic heterocycles. The van der Waals surface area contributed by atoms with E-state index in [4.69, 9.17) is 5.11 Å². The molecule has 0 fully saturated rings. The molecule has 4 N–H and O–H groups in total. The fourth-order valence-corrected chi connectivity index (χ4v) is 1.96. The number of nitrogens with one attached hydrogen (secondary N) is 3. The Morgan fingerprint density at radius 2 is 1.88 bits per heavy atom. The summed E-state index contributed by atoms with van der Waals surface area (Å²) in [6.45, 7) is 3.49. The van der Waals surface area contributed by atoms with Crippen molar-refractivity contribution in [2.24, 2.45) is 0 Å². The number of aliphatic carboxylic acids is 1. The van der Waals surface area contributed by atoms with Crippen LogP contribution in [-0.2, 0) is 19.2 Å². The number of carboxylic acid groups (broad SMARTS) is 1. The summed E-state index contributed by atoms with van der Waals surface area (Å²) in [5, 5.41) is 15.8. The highest BCUT2D eigenvalue weighted by Gasteiger charge is 2.23. The Kier molecular flexibility index (Phi) is 7.94. The molecule has 0 spiro atoms. The number of carbonyl (C=O) groups is 4. The van der Waals surface area contributed by atoms with Crippen molar-refractivity contribution in [1.82, 2.24) is 10.6 Å². The molecule has 0 heterocycles. The molecule has 1 atom stereocenters. The number of Topliss-reactive ketones (excluding diaryl/α,β-unsaturated/α-hetero) is 1. The van der Waals surface area contributed by atoms with Gasteiger partial charge in [-0.25, -0.2) is 4.39 Å². The van der Waals surface area contributed by atoms with E-state index < -0.39 is 49.2 Å². The van der Waals surface area contributed by atoms with E-state index in [2.05, 4.69) is 22.5 Å². The number of alkyl halides is 1. The smallest absolute Gasteiger partial charge is 0.305 e. The van der Waals surface area contributed by atoms with Crippen molar-refractivity contribution in [2.75, 3.05) is 18.5 Å². The molecule has 0 bridgehead atoms. The van der Waals surface area contributed by atoms with Crippen molar-refractivity contribution >= 4 is 29.3 Å². The van der Waals surface area contributed by atoms with Crippen molar-refractivity contribution < 1.29 is 28.7 Å². The van der Waals surface area contributed by atoms with Gasteiger partial charge in [-0.3, -0.25) is 19.2 Å².